The van der Waals surface area contributed by atoms with Crippen LogP contribution in [0.15, 0.2) is 65.8 Å². The van der Waals surface area contributed by atoms with Crippen molar-refractivity contribution in [3.8, 4) is 11.5 Å². The van der Waals surface area contributed by atoms with Crippen molar-refractivity contribution >= 4 is 45.0 Å². The third-order valence-electron chi connectivity index (χ3n) is 6.68. The van der Waals surface area contributed by atoms with Crippen molar-refractivity contribution in [2.75, 3.05) is 50.4 Å². The van der Waals surface area contributed by atoms with E-state index in [0.717, 1.165) is 16.3 Å². The lowest BCUT2D eigenvalue weighted by Crippen LogP contribution is -2.52. The topological polar surface area (TPSA) is 116 Å². The van der Waals surface area contributed by atoms with E-state index in [0.29, 0.717) is 36.8 Å². The SMILES string of the molecule is COc1cc(N)c(C(=O)N2c3ccccc3C[C@H]2C2OCCN2C(=O)OCCSSc2ccccn2)cc1OC. The third-order valence-corrected chi connectivity index (χ3v) is 8.91. The van der Waals surface area contributed by atoms with Crippen molar-refractivity contribution in [1.29, 1.82) is 0 Å². The fourth-order valence-electron chi connectivity index (χ4n) is 4.86. The van der Waals surface area contributed by atoms with Crippen molar-refractivity contribution in [1.82, 2.24) is 9.88 Å². The van der Waals surface area contributed by atoms with Crippen molar-refractivity contribution in [2.45, 2.75) is 23.7 Å². The molecule has 0 bridgehead atoms. The van der Waals surface area contributed by atoms with Gasteiger partial charge in [-0.25, -0.2) is 9.78 Å². The minimum Gasteiger partial charge on any atom is -0.493 e. The highest BCUT2D eigenvalue weighted by atomic mass is 33.1. The number of ether oxygens (including phenoxy) is 4. The van der Waals surface area contributed by atoms with Crippen LogP contribution in [-0.2, 0) is 15.9 Å². The number of benzene rings is 2. The number of amides is 2. The second-order valence-electron chi connectivity index (χ2n) is 9.01. The second kappa shape index (κ2) is 12.7. The van der Waals surface area contributed by atoms with Crippen molar-refractivity contribution in [3.63, 3.8) is 0 Å². The van der Waals surface area contributed by atoms with Gasteiger partial charge < -0.3 is 29.6 Å². The van der Waals surface area contributed by atoms with Crippen molar-refractivity contribution in [3.05, 3.63) is 71.9 Å². The van der Waals surface area contributed by atoms with Gasteiger partial charge in [-0.3, -0.25) is 9.69 Å². The van der Waals surface area contributed by atoms with Gasteiger partial charge in [0.2, 0.25) is 0 Å². The largest absolute Gasteiger partial charge is 0.493 e. The van der Waals surface area contributed by atoms with Gasteiger partial charge in [0, 0.05) is 29.4 Å². The molecule has 210 valence electrons. The number of methoxy groups -OCH3 is 2. The summed E-state index contributed by atoms with van der Waals surface area (Å²) in [6.07, 6.45) is 1.10. The fourth-order valence-corrected chi connectivity index (χ4v) is 6.56. The summed E-state index contributed by atoms with van der Waals surface area (Å²) in [6, 6.07) is 16.1. The Hall–Kier alpha value is -3.61. The standard InChI is InChI=1S/C28H30N4O6S2/c1-35-23-16-19(20(29)17-24(23)36-2)26(33)32-21-8-4-3-7-18(21)15-22(32)27-31(11-12-37-27)28(34)38-13-14-39-40-25-9-5-6-10-30-25/h3-10,16-17,22,27H,11-15,29H2,1-2H3/t22-,27?/m0/s1. The van der Waals surface area contributed by atoms with E-state index >= 15 is 0 Å². The molecule has 1 aromatic heterocycles. The number of hydrogen-bond acceptors (Lipinski definition) is 10. The van der Waals surface area contributed by atoms with Crippen LogP contribution >= 0.6 is 21.6 Å². The number of hydrogen-bond donors (Lipinski definition) is 1. The van der Waals surface area contributed by atoms with Crippen LogP contribution in [0, 0.1) is 0 Å². The Morgan fingerprint density at radius 1 is 1.10 bits per heavy atom. The molecule has 1 unspecified atom stereocenters. The maximum Gasteiger partial charge on any atom is 0.412 e. The maximum atomic E-state index is 14.1. The predicted octanol–water partition coefficient (Wildman–Crippen LogP) is 4.49. The van der Waals surface area contributed by atoms with E-state index < -0.39 is 18.4 Å². The van der Waals surface area contributed by atoms with Gasteiger partial charge in [0.15, 0.2) is 17.7 Å². The normalized spacial score (nSPS) is 17.9. The highest BCUT2D eigenvalue weighted by molar-refractivity contribution is 8.76. The lowest BCUT2D eigenvalue weighted by atomic mass is 10.1. The molecule has 2 aromatic carbocycles. The molecule has 2 aliphatic heterocycles. The quantitative estimate of drug-likeness (QED) is 0.220. The number of aromatic nitrogens is 1. The summed E-state index contributed by atoms with van der Waals surface area (Å²) in [7, 11) is 6.10. The van der Waals surface area contributed by atoms with E-state index in [4.69, 9.17) is 24.7 Å². The Labute approximate surface area is 240 Å². The summed E-state index contributed by atoms with van der Waals surface area (Å²) in [5.74, 6) is 1.11. The molecule has 2 amide bonds. The van der Waals surface area contributed by atoms with Gasteiger partial charge in [-0.1, -0.05) is 35.1 Å². The molecule has 10 nitrogen and oxygen atoms in total. The average molecular weight is 583 g/mol. The summed E-state index contributed by atoms with van der Waals surface area (Å²) in [5.41, 5.74) is 8.55. The molecule has 12 heteroatoms. The van der Waals surface area contributed by atoms with E-state index in [1.165, 1.54) is 25.0 Å². The Bertz CT molecular complexity index is 1360. The molecule has 2 aliphatic rings. The smallest absolute Gasteiger partial charge is 0.412 e. The van der Waals surface area contributed by atoms with Crippen LogP contribution in [0.5, 0.6) is 11.5 Å². The molecule has 0 spiro atoms. The molecule has 1 fully saturated rings. The zero-order valence-corrected chi connectivity index (χ0v) is 23.8. The molecule has 0 radical (unpaired) electrons. The number of carbonyl (C=O) groups excluding carboxylic acids is 2. The lowest BCUT2D eigenvalue weighted by Gasteiger charge is -2.33. The first-order valence-electron chi connectivity index (χ1n) is 12.7. The Kier molecular flexibility index (Phi) is 8.88. The monoisotopic (exact) mass is 582 g/mol. The van der Waals surface area contributed by atoms with Crippen LogP contribution in [0.25, 0.3) is 0 Å². The first-order chi connectivity index (χ1) is 19.5. The zero-order valence-electron chi connectivity index (χ0n) is 22.1. The Morgan fingerprint density at radius 2 is 1.88 bits per heavy atom. The minimum absolute atomic E-state index is 0.238. The van der Waals surface area contributed by atoms with Gasteiger partial charge in [-0.15, -0.1) is 0 Å². The molecule has 0 saturated carbocycles. The third kappa shape index (κ3) is 5.79. The van der Waals surface area contributed by atoms with E-state index in [1.54, 1.807) is 38.9 Å². The van der Waals surface area contributed by atoms with Crippen molar-refractivity contribution in [2.24, 2.45) is 0 Å². The number of nitrogen functional groups attached to an aromatic ring is 1. The minimum atomic E-state index is -0.680. The zero-order chi connectivity index (χ0) is 28.1. The van der Waals surface area contributed by atoms with Gasteiger partial charge in [0.05, 0.1) is 39.0 Å². The van der Waals surface area contributed by atoms with Crippen LogP contribution in [0.2, 0.25) is 0 Å². The Balaban J connectivity index is 1.31. The molecular weight excluding hydrogens is 552 g/mol. The second-order valence-corrected chi connectivity index (χ2v) is 11.4. The number of nitrogens with zero attached hydrogens (tertiary/aromatic N) is 3. The van der Waals surface area contributed by atoms with Gasteiger partial charge in [-0.05, 0) is 47.0 Å². The van der Waals surface area contributed by atoms with Crippen LogP contribution in [0.4, 0.5) is 16.2 Å². The molecular formula is C28H30N4O6S2. The summed E-state index contributed by atoms with van der Waals surface area (Å²) in [6.45, 7) is 0.951. The molecule has 2 N–H and O–H groups in total. The summed E-state index contributed by atoms with van der Waals surface area (Å²) < 4.78 is 22.4. The molecule has 5 rings (SSSR count). The molecule has 3 heterocycles. The first-order valence-corrected chi connectivity index (χ1v) is 15.0. The number of carbonyl (C=O) groups is 2. The number of anilines is 2. The number of nitrogens with two attached hydrogens (primary N) is 1. The van der Waals surface area contributed by atoms with Crippen molar-refractivity contribution < 1.29 is 28.5 Å². The molecule has 0 aliphatic carbocycles. The van der Waals surface area contributed by atoms with E-state index in [9.17, 15) is 9.59 Å². The summed E-state index contributed by atoms with van der Waals surface area (Å²) in [5, 5.41) is 0.896. The van der Waals surface area contributed by atoms with Gasteiger partial charge >= 0.3 is 6.09 Å². The van der Waals surface area contributed by atoms with Crippen LogP contribution < -0.4 is 20.1 Å². The maximum absolute atomic E-state index is 14.1. The number of rotatable bonds is 9. The number of fused-ring (bicyclic) bond motifs is 1. The van der Waals surface area contributed by atoms with Crippen LogP contribution in [0.3, 0.4) is 0 Å². The average Bonchev–Trinajstić information content (AvgIpc) is 3.62. The molecule has 3 aromatic rings. The van der Waals surface area contributed by atoms with Crippen LogP contribution in [-0.4, -0.2) is 73.9 Å². The summed E-state index contributed by atoms with van der Waals surface area (Å²) in [4.78, 5) is 34.7. The first kappa shape index (κ1) is 27.9. The predicted molar refractivity (Wildman–Crippen MR) is 155 cm³/mol. The van der Waals surface area contributed by atoms with Gasteiger partial charge in [0.25, 0.3) is 5.91 Å². The molecule has 2 atom stereocenters. The highest BCUT2D eigenvalue weighted by Gasteiger charge is 2.46. The molecule has 1 saturated heterocycles. The van der Waals surface area contributed by atoms with E-state index in [1.807, 2.05) is 42.5 Å². The van der Waals surface area contributed by atoms with E-state index in [-0.39, 0.29) is 23.8 Å². The number of pyridine rings is 1. The van der Waals surface area contributed by atoms with Gasteiger partial charge in [-0.2, -0.15) is 0 Å². The number of para-hydroxylation sites is 1. The fraction of sp³-hybridized carbons (Fsp3) is 0.321. The summed E-state index contributed by atoms with van der Waals surface area (Å²) >= 11 is 0. The Morgan fingerprint density at radius 3 is 2.65 bits per heavy atom. The van der Waals surface area contributed by atoms with Gasteiger partial charge in [0.1, 0.15) is 11.6 Å². The molecule has 40 heavy (non-hydrogen) atoms. The van der Waals surface area contributed by atoms with Crippen LogP contribution in [0.1, 0.15) is 15.9 Å². The van der Waals surface area contributed by atoms with E-state index in [2.05, 4.69) is 4.98 Å². The lowest BCUT2D eigenvalue weighted by molar-refractivity contribution is 0.00984. The highest BCUT2D eigenvalue weighted by Crippen LogP contribution is 2.39.